The van der Waals surface area contributed by atoms with E-state index >= 15 is 0 Å². The molecule has 1 atom stereocenters. The summed E-state index contributed by atoms with van der Waals surface area (Å²) in [5, 5.41) is 0. The SMILES string of the molecule is CN(Cc1cccc(C(F)(F)F)c1)C(=O)CC(N)c1ccccc1. The van der Waals surface area contributed by atoms with E-state index in [1.165, 1.54) is 11.0 Å². The van der Waals surface area contributed by atoms with E-state index in [4.69, 9.17) is 5.73 Å². The van der Waals surface area contributed by atoms with Crippen molar-refractivity contribution in [1.82, 2.24) is 4.90 Å². The molecule has 1 unspecified atom stereocenters. The monoisotopic (exact) mass is 336 g/mol. The van der Waals surface area contributed by atoms with Crippen molar-refractivity contribution in [3.63, 3.8) is 0 Å². The standard InChI is InChI=1S/C18H19F3N2O/c1-23(12-13-6-5-9-15(10-13)18(19,20)21)17(24)11-16(22)14-7-3-2-4-8-14/h2-10,16H,11-12,22H2,1H3. The topological polar surface area (TPSA) is 46.3 Å². The molecular formula is C18H19F3N2O. The van der Waals surface area contributed by atoms with Crippen LogP contribution in [0.25, 0.3) is 0 Å². The molecular weight excluding hydrogens is 317 g/mol. The van der Waals surface area contributed by atoms with Crippen LogP contribution < -0.4 is 5.73 Å². The molecule has 3 nitrogen and oxygen atoms in total. The maximum Gasteiger partial charge on any atom is 0.416 e. The van der Waals surface area contributed by atoms with Crippen LogP contribution >= 0.6 is 0 Å². The number of carbonyl (C=O) groups excluding carboxylic acids is 1. The normalized spacial score (nSPS) is 12.7. The number of hydrogen-bond donors (Lipinski definition) is 1. The summed E-state index contributed by atoms with van der Waals surface area (Å²) in [6.07, 6.45) is -4.30. The average molecular weight is 336 g/mol. The molecule has 2 aromatic rings. The number of carbonyl (C=O) groups is 1. The van der Waals surface area contributed by atoms with Gasteiger partial charge in [-0.05, 0) is 23.3 Å². The lowest BCUT2D eigenvalue weighted by molar-refractivity contribution is -0.137. The Morgan fingerprint density at radius 1 is 1.12 bits per heavy atom. The molecule has 128 valence electrons. The maximum atomic E-state index is 12.7. The zero-order valence-corrected chi connectivity index (χ0v) is 13.3. The second kappa shape index (κ2) is 7.49. The first-order valence-corrected chi connectivity index (χ1v) is 7.48. The molecule has 0 heterocycles. The quantitative estimate of drug-likeness (QED) is 0.904. The lowest BCUT2D eigenvalue weighted by Gasteiger charge is -2.20. The van der Waals surface area contributed by atoms with Gasteiger partial charge in [0, 0.05) is 26.1 Å². The van der Waals surface area contributed by atoms with Gasteiger partial charge >= 0.3 is 6.18 Å². The highest BCUT2D eigenvalue weighted by Gasteiger charge is 2.30. The highest BCUT2D eigenvalue weighted by atomic mass is 19.4. The summed E-state index contributed by atoms with van der Waals surface area (Å²) in [5.74, 6) is -0.219. The Labute approximate surface area is 138 Å². The zero-order chi connectivity index (χ0) is 17.7. The van der Waals surface area contributed by atoms with Gasteiger partial charge in [0.05, 0.1) is 5.56 Å². The number of nitrogens with zero attached hydrogens (tertiary/aromatic N) is 1. The molecule has 2 N–H and O–H groups in total. The Balaban J connectivity index is 1.99. The second-order valence-electron chi connectivity index (χ2n) is 5.67. The maximum absolute atomic E-state index is 12.7. The van der Waals surface area contributed by atoms with E-state index < -0.39 is 17.8 Å². The molecule has 0 saturated heterocycles. The number of alkyl halides is 3. The van der Waals surface area contributed by atoms with Crippen LogP contribution in [0.3, 0.4) is 0 Å². The molecule has 0 aliphatic heterocycles. The summed E-state index contributed by atoms with van der Waals surface area (Å²) in [6, 6.07) is 13.7. The fourth-order valence-corrected chi connectivity index (χ4v) is 2.37. The minimum Gasteiger partial charge on any atom is -0.341 e. The van der Waals surface area contributed by atoms with Crippen molar-refractivity contribution in [2.24, 2.45) is 5.73 Å². The second-order valence-corrected chi connectivity index (χ2v) is 5.67. The van der Waals surface area contributed by atoms with Gasteiger partial charge in [-0.3, -0.25) is 4.79 Å². The van der Waals surface area contributed by atoms with E-state index in [0.29, 0.717) is 5.56 Å². The first-order chi connectivity index (χ1) is 11.3. The fourth-order valence-electron chi connectivity index (χ4n) is 2.37. The predicted octanol–water partition coefficient (Wildman–Crippen LogP) is 3.75. The van der Waals surface area contributed by atoms with Gasteiger partial charge < -0.3 is 10.6 Å². The number of benzene rings is 2. The van der Waals surface area contributed by atoms with Crippen LogP contribution in [0, 0.1) is 0 Å². The minimum absolute atomic E-state index is 0.0967. The summed E-state index contributed by atoms with van der Waals surface area (Å²) in [6.45, 7) is 0.101. The molecule has 6 heteroatoms. The number of rotatable bonds is 5. The van der Waals surface area contributed by atoms with Crippen LogP contribution in [0.1, 0.15) is 29.2 Å². The first kappa shape index (κ1) is 18.0. The van der Waals surface area contributed by atoms with E-state index in [1.54, 1.807) is 13.1 Å². The lowest BCUT2D eigenvalue weighted by Crippen LogP contribution is -2.29. The number of amides is 1. The van der Waals surface area contributed by atoms with E-state index in [-0.39, 0.29) is 18.9 Å². The Bertz CT molecular complexity index is 686. The molecule has 24 heavy (non-hydrogen) atoms. The van der Waals surface area contributed by atoms with Crippen LogP contribution in [-0.2, 0) is 17.5 Å². The van der Waals surface area contributed by atoms with Crippen molar-refractivity contribution in [3.05, 3.63) is 71.3 Å². The summed E-state index contributed by atoms with van der Waals surface area (Å²) in [7, 11) is 1.56. The van der Waals surface area contributed by atoms with Crippen LogP contribution in [0.15, 0.2) is 54.6 Å². The van der Waals surface area contributed by atoms with Gasteiger partial charge in [-0.1, -0.05) is 42.5 Å². The summed E-state index contributed by atoms with van der Waals surface area (Å²) in [4.78, 5) is 13.6. The van der Waals surface area contributed by atoms with Crippen molar-refractivity contribution in [1.29, 1.82) is 0 Å². The third-order valence-electron chi connectivity index (χ3n) is 3.72. The molecule has 0 fully saturated rings. The average Bonchev–Trinajstić information content (AvgIpc) is 2.55. The highest BCUT2D eigenvalue weighted by Crippen LogP contribution is 2.29. The van der Waals surface area contributed by atoms with Gasteiger partial charge in [0.2, 0.25) is 5.91 Å². The van der Waals surface area contributed by atoms with Crippen molar-refractivity contribution >= 4 is 5.91 Å². The van der Waals surface area contributed by atoms with E-state index in [0.717, 1.165) is 17.7 Å². The van der Waals surface area contributed by atoms with E-state index in [1.807, 2.05) is 30.3 Å². The largest absolute Gasteiger partial charge is 0.416 e. The van der Waals surface area contributed by atoms with Gasteiger partial charge in [-0.25, -0.2) is 0 Å². The zero-order valence-electron chi connectivity index (χ0n) is 13.3. The van der Waals surface area contributed by atoms with Crippen molar-refractivity contribution in [2.45, 2.75) is 25.2 Å². The highest BCUT2D eigenvalue weighted by molar-refractivity contribution is 5.76. The van der Waals surface area contributed by atoms with Crippen LogP contribution in [0.4, 0.5) is 13.2 Å². The number of hydrogen-bond acceptors (Lipinski definition) is 2. The summed E-state index contributed by atoms with van der Waals surface area (Å²) in [5.41, 5.74) is 6.56. The third kappa shape index (κ3) is 4.83. The molecule has 0 radical (unpaired) electrons. The number of halogens is 3. The first-order valence-electron chi connectivity index (χ1n) is 7.48. The smallest absolute Gasteiger partial charge is 0.341 e. The van der Waals surface area contributed by atoms with Crippen LogP contribution in [0.5, 0.6) is 0 Å². The van der Waals surface area contributed by atoms with Gasteiger partial charge in [0.1, 0.15) is 0 Å². The van der Waals surface area contributed by atoms with Crippen LogP contribution in [0.2, 0.25) is 0 Å². The van der Waals surface area contributed by atoms with Gasteiger partial charge in [0.15, 0.2) is 0 Å². The molecule has 0 aliphatic carbocycles. The number of nitrogens with two attached hydrogens (primary N) is 1. The molecule has 1 amide bonds. The predicted molar refractivity (Wildman–Crippen MR) is 85.9 cm³/mol. The molecule has 0 spiro atoms. The Morgan fingerprint density at radius 2 is 1.79 bits per heavy atom. The molecule has 0 aromatic heterocycles. The van der Waals surface area contributed by atoms with Crippen molar-refractivity contribution in [3.8, 4) is 0 Å². The van der Waals surface area contributed by atoms with Crippen LogP contribution in [-0.4, -0.2) is 17.9 Å². The van der Waals surface area contributed by atoms with Gasteiger partial charge in [0.25, 0.3) is 0 Å². The van der Waals surface area contributed by atoms with Crippen molar-refractivity contribution in [2.75, 3.05) is 7.05 Å². The molecule has 0 saturated carbocycles. The van der Waals surface area contributed by atoms with E-state index in [9.17, 15) is 18.0 Å². The lowest BCUT2D eigenvalue weighted by atomic mass is 10.0. The summed E-state index contributed by atoms with van der Waals surface area (Å²) < 4.78 is 38.2. The summed E-state index contributed by atoms with van der Waals surface area (Å²) >= 11 is 0. The Kier molecular flexibility index (Phi) is 5.62. The molecule has 0 aliphatic rings. The molecule has 2 rings (SSSR count). The molecule has 2 aromatic carbocycles. The van der Waals surface area contributed by atoms with Gasteiger partial charge in [-0.15, -0.1) is 0 Å². The third-order valence-corrected chi connectivity index (χ3v) is 3.72. The van der Waals surface area contributed by atoms with Crippen molar-refractivity contribution < 1.29 is 18.0 Å². The Morgan fingerprint density at radius 3 is 2.42 bits per heavy atom. The molecule has 0 bridgehead atoms. The fraction of sp³-hybridized carbons (Fsp3) is 0.278. The van der Waals surface area contributed by atoms with Gasteiger partial charge in [-0.2, -0.15) is 13.2 Å². The van der Waals surface area contributed by atoms with E-state index in [2.05, 4.69) is 0 Å². The minimum atomic E-state index is -4.39. The Hall–Kier alpha value is -2.34.